The van der Waals surface area contributed by atoms with Crippen LogP contribution in [0, 0.1) is 0 Å². The van der Waals surface area contributed by atoms with Crippen LogP contribution in [0.1, 0.15) is 55.4 Å². The zero-order chi connectivity index (χ0) is 14.0. The van der Waals surface area contributed by atoms with Gasteiger partial charge < -0.3 is 0 Å². The summed E-state index contributed by atoms with van der Waals surface area (Å²) >= 11 is -2.65. The molecule has 0 amide bonds. The Labute approximate surface area is 116 Å². The van der Waals surface area contributed by atoms with Gasteiger partial charge in [-0.1, -0.05) is 0 Å². The van der Waals surface area contributed by atoms with Crippen molar-refractivity contribution in [2.24, 2.45) is 0 Å². The van der Waals surface area contributed by atoms with Crippen molar-refractivity contribution in [1.29, 1.82) is 0 Å². The van der Waals surface area contributed by atoms with E-state index in [9.17, 15) is 0 Å². The van der Waals surface area contributed by atoms with Crippen molar-refractivity contribution in [2.45, 2.75) is 85.3 Å². The fraction of sp³-hybridized carbons (Fsp3) is 1.00. The summed E-state index contributed by atoms with van der Waals surface area (Å²) in [6.45, 7) is 18.0. The van der Waals surface area contributed by atoms with E-state index < -0.39 is 12.8 Å². The molecule has 0 aliphatic rings. The van der Waals surface area contributed by atoms with Gasteiger partial charge in [0.1, 0.15) is 0 Å². The van der Waals surface area contributed by atoms with Gasteiger partial charge in [0.25, 0.3) is 0 Å². The SMILES string of the molecule is CC(C)[N](C(C)C)[Ge]([CH3])([Cl])[N](C(C)C)C(C)C. The maximum atomic E-state index is 7.09. The predicted octanol–water partition coefficient (Wildman–Crippen LogP) is 4.03. The van der Waals surface area contributed by atoms with Crippen LogP contribution in [0.25, 0.3) is 0 Å². The molecule has 0 fully saturated rings. The predicted molar refractivity (Wildman–Crippen MR) is 81.7 cm³/mol. The van der Waals surface area contributed by atoms with Gasteiger partial charge in [-0.05, 0) is 0 Å². The number of hydrogen-bond donors (Lipinski definition) is 0. The Morgan fingerprint density at radius 1 is 0.647 bits per heavy atom. The second-order valence-corrected chi connectivity index (χ2v) is 15.8. The molecule has 0 radical (unpaired) electrons. The Kier molecular flexibility index (Phi) is 7.09. The second kappa shape index (κ2) is 6.79. The summed E-state index contributed by atoms with van der Waals surface area (Å²) in [4.78, 5) is 0. The van der Waals surface area contributed by atoms with Crippen molar-refractivity contribution in [3.8, 4) is 0 Å². The fourth-order valence-electron chi connectivity index (χ4n) is 3.21. The van der Waals surface area contributed by atoms with Crippen LogP contribution < -0.4 is 0 Å². The number of hydrogen-bond acceptors (Lipinski definition) is 2. The molecule has 0 N–H and O–H groups in total. The van der Waals surface area contributed by atoms with Crippen molar-refractivity contribution in [1.82, 2.24) is 7.71 Å². The van der Waals surface area contributed by atoms with Gasteiger partial charge in [-0.15, -0.1) is 0 Å². The first kappa shape index (κ1) is 17.8. The first-order chi connectivity index (χ1) is 7.53. The van der Waals surface area contributed by atoms with Crippen LogP contribution in [0.3, 0.4) is 0 Å². The molecule has 0 saturated carbocycles. The summed E-state index contributed by atoms with van der Waals surface area (Å²) < 4.78 is 5.11. The van der Waals surface area contributed by atoms with E-state index in [4.69, 9.17) is 10.0 Å². The molecule has 104 valence electrons. The monoisotopic (exact) mass is 324 g/mol. The van der Waals surface area contributed by atoms with Crippen LogP contribution in [0.5, 0.6) is 0 Å². The standard InChI is InChI=1S/C13H31ClGeN2/c1-10(2)16(11(3)4)15(9,14)17(12(5)6)13(7)8/h10-13H,1-9H3. The van der Waals surface area contributed by atoms with Gasteiger partial charge in [0.05, 0.1) is 0 Å². The second-order valence-electron chi connectivity index (χ2n) is 6.09. The third-order valence-corrected chi connectivity index (χ3v) is 13.5. The maximum absolute atomic E-state index is 7.09. The zero-order valence-corrected chi connectivity index (χ0v) is 15.9. The first-order valence-corrected chi connectivity index (χ1v) is 13.5. The van der Waals surface area contributed by atoms with Crippen LogP contribution in [0.2, 0.25) is 5.76 Å². The molecule has 0 aliphatic carbocycles. The summed E-state index contributed by atoms with van der Waals surface area (Å²) in [7, 11) is 7.09. The van der Waals surface area contributed by atoms with Gasteiger partial charge in [-0.2, -0.15) is 0 Å². The molecule has 0 rings (SSSR count). The normalized spacial score (nSPS) is 14.1. The molecule has 0 aliphatic heterocycles. The molecular weight excluding hydrogens is 292 g/mol. The van der Waals surface area contributed by atoms with Gasteiger partial charge in [-0.3, -0.25) is 0 Å². The molecule has 0 spiro atoms. The first-order valence-electron chi connectivity index (χ1n) is 6.79. The van der Waals surface area contributed by atoms with Gasteiger partial charge in [-0.25, -0.2) is 0 Å². The molecule has 0 aromatic rings. The van der Waals surface area contributed by atoms with Crippen molar-refractivity contribution in [3.05, 3.63) is 0 Å². The van der Waals surface area contributed by atoms with Crippen LogP contribution in [0.4, 0.5) is 0 Å². The minimum absolute atomic E-state index is 0.512. The van der Waals surface area contributed by atoms with E-state index in [0.717, 1.165) is 0 Å². The van der Waals surface area contributed by atoms with Crippen LogP contribution in [-0.2, 0) is 0 Å². The fourth-order valence-corrected chi connectivity index (χ4v) is 15.7. The Balaban J connectivity index is 5.30. The zero-order valence-electron chi connectivity index (χ0n) is 13.1. The Morgan fingerprint density at radius 3 is 0.941 bits per heavy atom. The van der Waals surface area contributed by atoms with Gasteiger partial charge in [0.2, 0.25) is 0 Å². The molecular formula is C13H31ClGeN2. The molecule has 4 heteroatoms. The third kappa shape index (κ3) is 4.41. The molecule has 17 heavy (non-hydrogen) atoms. The van der Waals surface area contributed by atoms with E-state index in [1.165, 1.54) is 0 Å². The van der Waals surface area contributed by atoms with E-state index >= 15 is 0 Å². The average Bonchev–Trinajstić information content (AvgIpc) is 1.96. The quantitative estimate of drug-likeness (QED) is 0.681. The number of rotatable bonds is 6. The molecule has 0 aromatic carbocycles. The summed E-state index contributed by atoms with van der Waals surface area (Å²) in [6, 6.07) is 2.05. The summed E-state index contributed by atoms with van der Waals surface area (Å²) in [5.41, 5.74) is 0. The van der Waals surface area contributed by atoms with Gasteiger partial charge in [0.15, 0.2) is 0 Å². The van der Waals surface area contributed by atoms with Crippen molar-refractivity contribution < 1.29 is 0 Å². The van der Waals surface area contributed by atoms with Crippen molar-refractivity contribution in [2.75, 3.05) is 0 Å². The molecule has 0 bridgehead atoms. The van der Waals surface area contributed by atoms with E-state index in [1.807, 2.05) is 0 Å². The topological polar surface area (TPSA) is 6.48 Å². The Morgan fingerprint density at radius 2 is 0.824 bits per heavy atom. The van der Waals surface area contributed by atoms with Crippen LogP contribution in [0.15, 0.2) is 0 Å². The van der Waals surface area contributed by atoms with Gasteiger partial charge in [0, 0.05) is 0 Å². The Hall–Kier alpha value is 0.753. The average molecular weight is 323 g/mol. The van der Waals surface area contributed by atoms with E-state index in [1.54, 1.807) is 0 Å². The molecule has 0 heterocycles. The Bertz CT molecular complexity index is 189. The summed E-state index contributed by atoms with van der Waals surface area (Å²) in [5.74, 6) is 2.31. The van der Waals surface area contributed by atoms with E-state index in [0.29, 0.717) is 24.2 Å². The molecule has 0 atom stereocenters. The van der Waals surface area contributed by atoms with Crippen LogP contribution >= 0.6 is 10.0 Å². The molecule has 0 aromatic heterocycles. The third-order valence-electron chi connectivity index (χ3n) is 3.17. The summed E-state index contributed by atoms with van der Waals surface area (Å²) in [6.07, 6.45) is 0. The number of nitrogens with zero attached hydrogens (tertiary/aromatic N) is 2. The molecule has 0 saturated heterocycles. The summed E-state index contributed by atoms with van der Waals surface area (Å²) in [5, 5.41) is 0. The number of halogens is 1. The van der Waals surface area contributed by atoms with Crippen molar-refractivity contribution >= 4 is 22.8 Å². The minimum atomic E-state index is -2.65. The molecule has 2 nitrogen and oxygen atoms in total. The van der Waals surface area contributed by atoms with E-state index in [-0.39, 0.29) is 0 Å². The van der Waals surface area contributed by atoms with Crippen molar-refractivity contribution in [3.63, 3.8) is 0 Å². The molecule has 0 unspecified atom stereocenters. The van der Waals surface area contributed by atoms with E-state index in [2.05, 4.69) is 68.9 Å². The van der Waals surface area contributed by atoms with Gasteiger partial charge >= 0.3 is 116 Å². The van der Waals surface area contributed by atoms with Crippen LogP contribution in [-0.4, -0.2) is 44.7 Å².